The number of carbonyl (C=O) groups excluding carboxylic acids is 1. The van der Waals surface area contributed by atoms with Gasteiger partial charge in [0.2, 0.25) is 5.75 Å². The number of carboxylic acids is 2. The number of benzene rings is 1. The number of hydrogen-bond donors (Lipinski definition) is 6. The van der Waals surface area contributed by atoms with Gasteiger partial charge in [-0.2, -0.15) is 0 Å². The zero-order valence-corrected chi connectivity index (χ0v) is 15.3. The predicted octanol–water partition coefficient (Wildman–Crippen LogP) is -1.76. The first-order valence-corrected chi connectivity index (χ1v) is 7.87. The van der Waals surface area contributed by atoms with Crippen molar-refractivity contribution >= 4 is 24.0 Å². The van der Waals surface area contributed by atoms with Crippen molar-refractivity contribution in [3.05, 3.63) is 23.8 Å². The summed E-state index contributed by atoms with van der Waals surface area (Å²) in [7, 11) is 2.41. The highest BCUT2D eigenvalue weighted by molar-refractivity contribution is 5.86. The molecule has 12 nitrogen and oxygen atoms in total. The second kappa shape index (κ2) is 10.4. The fourth-order valence-electron chi connectivity index (χ4n) is 2.08. The lowest BCUT2D eigenvalue weighted by Crippen LogP contribution is -2.50. The van der Waals surface area contributed by atoms with E-state index in [2.05, 4.69) is 0 Å². The fourth-order valence-corrected chi connectivity index (χ4v) is 2.08. The van der Waals surface area contributed by atoms with Crippen molar-refractivity contribution in [1.82, 2.24) is 0 Å². The summed E-state index contributed by atoms with van der Waals surface area (Å²) in [4.78, 5) is 33.4. The molecule has 12 heteroatoms. The average Bonchev–Trinajstić information content (AvgIpc) is 2.69. The molecule has 160 valence electrons. The van der Waals surface area contributed by atoms with Gasteiger partial charge in [-0.1, -0.05) is 0 Å². The van der Waals surface area contributed by atoms with Crippen molar-refractivity contribution in [3.8, 4) is 17.2 Å². The number of hydrogen-bond acceptors (Lipinski definition) is 10. The number of aliphatic hydroxyl groups excluding tert-OH is 4. The summed E-state index contributed by atoms with van der Waals surface area (Å²) in [6, 6.07) is 2.58. The summed E-state index contributed by atoms with van der Waals surface area (Å²) in [5.74, 6) is -5.15. The van der Waals surface area contributed by atoms with Gasteiger partial charge in [-0.3, -0.25) is 0 Å². The maximum atomic E-state index is 12.1. The lowest BCUT2D eigenvalue weighted by atomic mass is 10.0. The number of ether oxygens (including phenoxy) is 3. The number of esters is 1. The molecule has 4 unspecified atom stereocenters. The Kier molecular flexibility index (Phi) is 8.54. The minimum atomic E-state index is -2.46. The first-order valence-electron chi connectivity index (χ1n) is 7.87. The van der Waals surface area contributed by atoms with Crippen LogP contribution in [0, 0.1) is 0 Å². The minimum Gasteiger partial charge on any atom is -0.493 e. The Morgan fingerprint density at radius 2 is 1.38 bits per heavy atom. The lowest BCUT2D eigenvalue weighted by Gasteiger charge is -2.24. The van der Waals surface area contributed by atoms with Crippen LogP contribution in [0.25, 0.3) is 6.08 Å². The van der Waals surface area contributed by atoms with E-state index < -0.39 is 42.3 Å². The molecule has 0 aliphatic heterocycles. The number of carboxylic acid groups (broad SMARTS) is 2. The van der Waals surface area contributed by atoms with Gasteiger partial charge in [0, 0.05) is 6.08 Å². The van der Waals surface area contributed by atoms with Crippen LogP contribution in [0.1, 0.15) is 5.56 Å². The van der Waals surface area contributed by atoms with Crippen molar-refractivity contribution in [2.75, 3.05) is 14.2 Å². The van der Waals surface area contributed by atoms with E-state index in [1.165, 1.54) is 32.4 Å². The highest BCUT2D eigenvalue weighted by Gasteiger charge is 2.39. The van der Waals surface area contributed by atoms with E-state index in [-0.39, 0.29) is 17.2 Å². The van der Waals surface area contributed by atoms with E-state index >= 15 is 0 Å². The molecule has 0 aliphatic carbocycles. The Hall–Kier alpha value is -3.19. The molecule has 0 heterocycles. The van der Waals surface area contributed by atoms with E-state index in [4.69, 9.17) is 24.4 Å². The molecule has 1 rings (SSSR count). The zero-order valence-electron chi connectivity index (χ0n) is 15.3. The van der Waals surface area contributed by atoms with Crippen LogP contribution in [0.3, 0.4) is 0 Å². The third-order valence-electron chi connectivity index (χ3n) is 3.60. The Labute approximate surface area is 163 Å². The second-order valence-electron chi connectivity index (χ2n) is 5.56. The summed E-state index contributed by atoms with van der Waals surface area (Å²) >= 11 is 0. The summed E-state index contributed by atoms with van der Waals surface area (Å²) in [5, 5.41) is 55.6. The molecule has 0 amide bonds. The molecule has 0 radical (unpaired) electrons. The zero-order chi connectivity index (χ0) is 22.3. The van der Waals surface area contributed by atoms with Gasteiger partial charge in [0.05, 0.1) is 14.2 Å². The number of aliphatic carboxylic acids is 2. The summed E-state index contributed by atoms with van der Waals surface area (Å²) in [5.41, 5.74) is 0.307. The molecule has 0 fully saturated rings. The van der Waals surface area contributed by atoms with E-state index in [9.17, 15) is 34.8 Å². The Morgan fingerprint density at radius 3 is 1.79 bits per heavy atom. The largest absolute Gasteiger partial charge is 0.493 e. The molecule has 1 aromatic carbocycles. The van der Waals surface area contributed by atoms with Crippen LogP contribution in [0.4, 0.5) is 0 Å². The Bertz CT molecular complexity index is 762. The molecule has 0 saturated carbocycles. The smallest absolute Gasteiger partial charge is 0.343 e. The number of aliphatic hydroxyl groups is 4. The van der Waals surface area contributed by atoms with Crippen molar-refractivity contribution in [3.63, 3.8) is 0 Å². The summed E-state index contributed by atoms with van der Waals surface area (Å²) in [6.45, 7) is 0. The molecule has 4 atom stereocenters. The fraction of sp³-hybridized carbons (Fsp3) is 0.353. The molecule has 6 N–H and O–H groups in total. The number of rotatable bonds is 10. The van der Waals surface area contributed by atoms with Crippen LogP contribution in [0.15, 0.2) is 18.2 Å². The van der Waals surface area contributed by atoms with Crippen molar-refractivity contribution in [2.45, 2.75) is 24.4 Å². The van der Waals surface area contributed by atoms with Crippen LogP contribution in [-0.2, 0) is 14.4 Å². The summed E-state index contributed by atoms with van der Waals surface area (Å²) < 4.78 is 15.0. The molecular weight excluding hydrogens is 396 g/mol. The quantitative estimate of drug-likeness (QED) is 0.143. The third-order valence-corrected chi connectivity index (χ3v) is 3.60. The predicted molar refractivity (Wildman–Crippen MR) is 93.5 cm³/mol. The highest BCUT2D eigenvalue weighted by atomic mass is 16.6. The molecule has 0 spiro atoms. The Morgan fingerprint density at radius 1 is 0.897 bits per heavy atom. The minimum absolute atomic E-state index is 0.101. The summed E-state index contributed by atoms with van der Waals surface area (Å²) in [6.07, 6.45) is -7.61. The van der Waals surface area contributed by atoms with E-state index in [1.54, 1.807) is 0 Å². The molecule has 0 aliphatic rings. The van der Waals surface area contributed by atoms with Gasteiger partial charge in [-0.25, -0.2) is 14.4 Å². The van der Waals surface area contributed by atoms with Crippen molar-refractivity contribution in [1.29, 1.82) is 0 Å². The normalized spacial score (nSPS) is 15.2. The third kappa shape index (κ3) is 6.15. The van der Waals surface area contributed by atoms with Crippen LogP contribution < -0.4 is 14.2 Å². The van der Waals surface area contributed by atoms with Crippen molar-refractivity contribution < 1.29 is 59.2 Å². The average molecular weight is 416 g/mol. The second-order valence-corrected chi connectivity index (χ2v) is 5.56. The lowest BCUT2D eigenvalue weighted by molar-refractivity contribution is -0.171. The van der Waals surface area contributed by atoms with E-state index in [0.717, 1.165) is 6.08 Å². The van der Waals surface area contributed by atoms with Gasteiger partial charge in [0.25, 0.3) is 0 Å². The maximum absolute atomic E-state index is 12.1. The van der Waals surface area contributed by atoms with Crippen LogP contribution >= 0.6 is 0 Å². The Balaban J connectivity index is 3.13. The SMILES string of the molecule is COc1cc(C=CC(=O)O)cc(OC)c1OC(=O)C(O)C(O)C(O)C(O)C(=O)O. The molecule has 0 saturated heterocycles. The monoisotopic (exact) mass is 416 g/mol. The first-order chi connectivity index (χ1) is 13.5. The molecule has 1 aromatic rings. The van der Waals surface area contributed by atoms with Crippen LogP contribution in [0.5, 0.6) is 17.2 Å². The van der Waals surface area contributed by atoms with Gasteiger partial charge >= 0.3 is 17.9 Å². The number of carbonyl (C=O) groups is 3. The molecule has 0 aromatic heterocycles. The van der Waals surface area contributed by atoms with Crippen LogP contribution in [0.2, 0.25) is 0 Å². The van der Waals surface area contributed by atoms with Crippen molar-refractivity contribution in [2.24, 2.45) is 0 Å². The molecule has 29 heavy (non-hydrogen) atoms. The molecule has 0 bridgehead atoms. The highest BCUT2D eigenvalue weighted by Crippen LogP contribution is 2.39. The van der Waals surface area contributed by atoms with Gasteiger partial charge < -0.3 is 44.8 Å². The van der Waals surface area contributed by atoms with Gasteiger partial charge in [0.15, 0.2) is 23.7 Å². The topological polar surface area (TPSA) is 200 Å². The van der Waals surface area contributed by atoms with Gasteiger partial charge in [-0.05, 0) is 23.8 Å². The van der Waals surface area contributed by atoms with Crippen LogP contribution in [-0.4, -0.2) is 87.2 Å². The molecular formula is C17H20O12. The van der Waals surface area contributed by atoms with Gasteiger partial charge in [-0.15, -0.1) is 0 Å². The number of methoxy groups -OCH3 is 2. The first kappa shape index (κ1) is 23.8. The van der Waals surface area contributed by atoms with E-state index in [0.29, 0.717) is 5.56 Å². The van der Waals surface area contributed by atoms with E-state index in [1.807, 2.05) is 0 Å². The standard InChI is InChI=1S/C17H20O12/c1-27-8-5-7(3-4-10(18)19)6-9(28-2)15(8)29-17(26)14(23)12(21)11(20)13(22)16(24)25/h3-6,11-14,20-23H,1-2H3,(H,18,19)(H,24,25). The van der Waals surface area contributed by atoms with Gasteiger partial charge in [0.1, 0.15) is 12.2 Å². The maximum Gasteiger partial charge on any atom is 0.343 e.